The van der Waals surface area contributed by atoms with E-state index in [1.807, 2.05) is 48.5 Å². The molecule has 0 aliphatic carbocycles. The molecule has 4 atom stereocenters. The van der Waals surface area contributed by atoms with Crippen LogP contribution in [-0.2, 0) is 0 Å². The van der Waals surface area contributed by atoms with Crippen LogP contribution < -0.4 is 5.32 Å². The minimum absolute atomic E-state index is 0.0331. The second kappa shape index (κ2) is 7.63. The van der Waals surface area contributed by atoms with Gasteiger partial charge in [-0.25, -0.2) is 0 Å². The van der Waals surface area contributed by atoms with Crippen LogP contribution in [0.3, 0.4) is 0 Å². The van der Waals surface area contributed by atoms with E-state index < -0.39 is 0 Å². The summed E-state index contributed by atoms with van der Waals surface area (Å²) < 4.78 is 0. The molecule has 5 heteroatoms. The molecule has 4 unspecified atom stereocenters. The summed E-state index contributed by atoms with van der Waals surface area (Å²) in [6.45, 7) is 4.45. The van der Waals surface area contributed by atoms with Crippen molar-refractivity contribution in [1.82, 2.24) is 10.2 Å². The van der Waals surface area contributed by atoms with Crippen molar-refractivity contribution in [1.29, 1.82) is 0 Å². The molecule has 0 radical (unpaired) electrons. The van der Waals surface area contributed by atoms with Gasteiger partial charge in [0.1, 0.15) is 0 Å². The maximum Gasteiger partial charge on any atom is 0.251 e. The molecule has 3 heterocycles. The number of carbonyl (C=O) groups is 1. The summed E-state index contributed by atoms with van der Waals surface area (Å²) in [7, 11) is 0. The Hall–Kier alpha value is -1.49. The van der Waals surface area contributed by atoms with Crippen LogP contribution in [0.2, 0.25) is 5.02 Å². The molecule has 0 aromatic heterocycles. The molecule has 3 saturated heterocycles. The summed E-state index contributed by atoms with van der Waals surface area (Å²) in [6, 6.07) is 16.5. The SMILES string of the molecule is CC1CC2CCN1CC2NC(=O)c1ccc(Sc2ccccc2Cl)cc1. The Morgan fingerprint density at radius 2 is 1.96 bits per heavy atom. The van der Waals surface area contributed by atoms with Crippen LogP contribution in [0.1, 0.15) is 30.1 Å². The van der Waals surface area contributed by atoms with Crippen LogP contribution in [0, 0.1) is 5.92 Å². The van der Waals surface area contributed by atoms with Crippen LogP contribution in [0.15, 0.2) is 58.3 Å². The standard InChI is InChI=1S/C21H23ClN2OS/c1-14-12-16-10-11-24(14)13-19(16)23-21(25)15-6-8-17(9-7-15)26-20-5-3-2-4-18(20)22/h2-9,14,16,19H,10-13H2,1H3,(H,23,25). The van der Waals surface area contributed by atoms with Gasteiger partial charge in [0.25, 0.3) is 5.91 Å². The van der Waals surface area contributed by atoms with E-state index in [2.05, 4.69) is 17.1 Å². The van der Waals surface area contributed by atoms with E-state index in [0.717, 1.165) is 26.9 Å². The highest BCUT2D eigenvalue weighted by atomic mass is 35.5. The van der Waals surface area contributed by atoms with Crippen LogP contribution in [0.4, 0.5) is 0 Å². The molecule has 2 bridgehead atoms. The number of fused-ring (bicyclic) bond motifs is 3. The number of nitrogens with one attached hydrogen (secondary N) is 1. The molecule has 1 amide bonds. The van der Waals surface area contributed by atoms with Gasteiger partial charge in [-0.2, -0.15) is 0 Å². The molecule has 3 aliphatic rings. The zero-order valence-corrected chi connectivity index (χ0v) is 16.4. The van der Waals surface area contributed by atoms with Crippen LogP contribution in [0.5, 0.6) is 0 Å². The van der Waals surface area contributed by atoms with Crippen molar-refractivity contribution in [3.05, 3.63) is 59.1 Å². The third kappa shape index (κ3) is 3.78. The van der Waals surface area contributed by atoms with Gasteiger partial charge in [-0.1, -0.05) is 35.5 Å². The Kier molecular flexibility index (Phi) is 5.25. The number of benzene rings is 2. The summed E-state index contributed by atoms with van der Waals surface area (Å²) in [5, 5.41) is 4.00. The molecule has 0 saturated carbocycles. The van der Waals surface area contributed by atoms with Crippen molar-refractivity contribution in [2.24, 2.45) is 5.92 Å². The summed E-state index contributed by atoms with van der Waals surface area (Å²) in [4.78, 5) is 17.2. The number of hydrogen-bond donors (Lipinski definition) is 1. The van der Waals surface area contributed by atoms with Crippen molar-refractivity contribution in [3.63, 3.8) is 0 Å². The zero-order valence-electron chi connectivity index (χ0n) is 14.8. The largest absolute Gasteiger partial charge is 0.348 e. The second-order valence-electron chi connectivity index (χ2n) is 7.27. The minimum atomic E-state index is 0.0331. The highest BCUT2D eigenvalue weighted by Crippen LogP contribution is 2.34. The number of piperidine rings is 3. The summed E-state index contributed by atoms with van der Waals surface area (Å²) in [5.74, 6) is 0.652. The van der Waals surface area contributed by atoms with Gasteiger partial charge in [0.2, 0.25) is 0 Å². The molecule has 3 nitrogen and oxygen atoms in total. The lowest BCUT2D eigenvalue weighted by Crippen LogP contribution is -2.60. The number of hydrogen-bond acceptors (Lipinski definition) is 3. The van der Waals surface area contributed by atoms with E-state index in [1.54, 1.807) is 11.8 Å². The number of halogens is 1. The minimum Gasteiger partial charge on any atom is -0.348 e. The zero-order chi connectivity index (χ0) is 18.1. The van der Waals surface area contributed by atoms with E-state index in [0.29, 0.717) is 12.0 Å². The quantitative estimate of drug-likeness (QED) is 0.826. The van der Waals surface area contributed by atoms with Gasteiger partial charge in [-0.3, -0.25) is 9.69 Å². The summed E-state index contributed by atoms with van der Waals surface area (Å²) in [6.07, 6.45) is 2.39. The van der Waals surface area contributed by atoms with E-state index in [4.69, 9.17) is 11.6 Å². The lowest BCUT2D eigenvalue weighted by atomic mass is 9.80. The summed E-state index contributed by atoms with van der Waals surface area (Å²) >= 11 is 7.83. The molecular formula is C21H23ClN2OS. The Labute approximate surface area is 164 Å². The van der Waals surface area contributed by atoms with E-state index in [1.165, 1.54) is 19.4 Å². The highest BCUT2D eigenvalue weighted by molar-refractivity contribution is 7.99. The maximum atomic E-state index is 12.6. The molecule has 26 heavy (non-hydrogen) atoms. The normalized spacial score (nSPS) is 27.3. The fraction of sp³-hybridized carbons (Fsp3) is 0.381. The number of nitrogens with zero attached hydrogens (tertiary/aromatic N) is 1. The first-order chi connectivity index (χ1) is 12.6. The molecular weight excluding hydrogens is 364 g/mol. The molecule has 3 aliphatic heterocycles. The second-order valence-corrected chi connectivity index (χ2v) is 8.79. The average Bonchev–Trinajstić information content (AvgIpc) is 2.65. The van der Waals surface area contributed by atoms with Crippen molar-refractivity contribution in [3.8, 4) is 0 Å². The Morgan fingerprint density at radius 3 is 2.62 bits per heavy atom. The first-order valence-electron chi connectivity index (χ1n) is 9.17. The Balaban J connectivity index is 1.39. The van der Waals surface area contributed by atoms with Crippen LogP contribution >= 0.6 is 23.4 Å². The smallest absolute Gasteiger partial charge is 0.251 e. The highest BCUT2D eigenvalue weighted by Gasteiger charge is 2.38. The van der Waals surface area contributed by atoms with Crippen LogP contribution in [0.25, 0.3) is 0 Å². The van der Waals surface area contributed by atoms with Crippen molar-refractivity contribution in [2.45, 2.75) is 41.6 Å². The molecule has 1 N–H and O–H groups in total. The number of amides is 1. The molecule has 0 spiro atoms. The molecule has 5 rings (SSSR count). The fourth-order valence-electron chi connectivity index (χ4n) is 4.04. The maximum absolute atomic E-state index is 12.6. The third-order valence-corrected chi connectivity index (χ3v) is 7.08. The Bertz CT molecular complexity index is 795. The average molecular weight is 387 g/mol. The van der Waals surface area contributed by atoms with E-state index in [-0.39, 0.29) is 11.9 Å². The first kappa shape index (κ1) is 17.9. The van der Waals surface area contributed by atoms with Crippen molar-refractivity contribution < 1.29 is 4.79 Å². The predicted octanol–water partition coefficient (Wildman–Crippen LogP) is 4.70. The van der Waals surface area contributed by atoms with Gasteiger partial charge >= 0.3 is 0 Å². The fourth-order valence-corrected chi connectivity index (χ4v) is 5.13. The van der Waals surface area contributed by atoms with Crippen molar-refractivity contribution >= 4 is 29.3 Å². The predicted molar refractivity (Wildman–Crippen MR) is 107 cm³/mol. The Morgan fingerprint density at radius 1 is 1.19 bits per heavy atom. The van der Waals surface area contributed by atoms with Crippen LogP contribution in [-0.4, -0.2) is 36.0 Å². The van der Waals surface area contributed by atoms with Gasteiger partial charge in [0.05, 0.1) is 5.02 Å². The monoisotopic (exact) mass is 386 g/mol. The van der Waals surface area contributed by atoms with Gasteiger partial charge in [0, 0.05) is 34.0 Å². The van der Waals surface area contributed by atoms with Gasteiger partial charge < -0.3 is 5.32 Å². The molecule has 2 aromatic carbocycles. The first-order valence-corrected chi connectivity index (χ1v) is 10.4. The molecule has 3 fully saturated rings. The molecule has 136 valence electrons. The lowest BCUT2D eigenvalue weighted by Gasteiger charge is -2.48. The van der Waals surface area contributed by atoms with E-state index in [9.17, 15) is 4.79 Å². The van der Waals surface area contributed by atoms with Gasteiger partial charge in [-0.15, -0.1) is 0 Å². The number of carbonyl (C=O) groups excluding carboxylic acids is 1. The van der Waals surface area contributed by atoms with Crippen molar-refractivity contribution in [2.75, 3.05) is 13.1 Å². The third-order valence-electron chi connectivity index (χ3n) is 5.55. The van der Waals surface area contributed by atoms with E-state index >= 15 is 0 Å². The molecule has 2 aromatic rings. The van der Waals surface area contributed by atoms with Gasteiger partial charge in [0.15, 0.2) is 0 Å². The topological polar surface area (TPSA) is 32.3 Å². The van der Waals surface area contributed by atoms with Gasteiger partial charge in [-0.05, 0) is 68.6 Å². The summed E-state index contributed by atoms with van der Waals surface area (Å²) in [5.41, 5.74) is 0.720. The number of rotatable bonds is 4. The lowest BCUT2D eigenvalue weighted by molar-refractivity contribution is 0.0274.